The monoisotopic (exact) mass is 931 g/mol. The number of hydrazine groups is 1. The van der Waals surface area contributed by atoms with Crippen LogP contribution in [0.1, 0.15) is 133 Å². The van der Waals surface area contributed by atoms with Crippen molar-refractivity contribution in [1.82, 2.24) is 36.3 Å². The summed E-state index contributed by atoms with van der Waals surface area (Å²) >= 11 is 5.17. The molecule has 0 bridgehead atoms. The number of likely N-dealkylation sites (N-methyl/N-ethyl adjacent to an activating group) is 1. The van der Waals surface area contributed by atoms with E-state index in [9.17, 15) is 28.8 Å². The van der Waals surface area contributed by atoms with Crippen molar-refractivity contribution < 1.29 is 43.0 Å². The molecular weight excluding hydrogens is 859 g/mol. The Bertz CT molecular complexity index is 1770. The van der Waals surface area contributed by atoms with Gasteiger partial charge in [0.25, 0.3) is 5.91 Å². The summed E-state index contributed by atoms with van der Waals surface area (Å²) in [6.45, 7) is 14.4. The minimum atomic E-state index is -0.921. The van der Waals surface area contributed by atoms with Crippen LogP contribution in [0.25, 0.3) is 0 Å². The van der Waals surface area contributed by atoms with E-state index >= 15 is 0 Å². The first-order chi connectivity index (χ1) is 30.6. The van der Waals surface area contributed by atoms with Gasteiger partial charge in [0.05, 0.1) is 6.04 Å². The van der Waals surface area contributed by atoms with E-state index < -0.39 is 54.0 Å². The van der Waals surface area contributed by atoms with Crippen molar-refractivity contribution >= 4 is 59.7 Å². The number of aromatic nitrogens is 1. The number of ether oxygens (including phenoxy) is 3. The smallest absolute Gasteiger partial charge is 0.426 e. The summed E-state index contributed by atoms with van der Waals surface area (Å²) in [6, 6.07) is 7.35. The zero-order chi connectivity index (χ0) is 47.2. The quantitative estimate of drug-likeness (QED) is 0.0236. The summed E-state index contributed by atoms with van der Waals surface area (Å²) in [5.74, 6) is -2.57. The van der Waals surface area contributed by atoms with Gasteiger partial charge in [0.15, 0.2) is 6.10 Å². The maximum Gasteiger partial charge on any atom is 0.426 e. The molecule has 2 heterocycles. The number of esters is 1. The van der Waals surface area contributed by atoms with Crippen LogP contribution < -0.4 is 21.5 Å². The number of benzene rings is 1. The number of hydrogen-bond acceptors (Lipinski definition) is 13. The molecule has 0 aliphatic carbocycles. The molecule has 1 aromatic carbocycles. The fourth-order valence-electron chi connectivity index (χ4n) is 7.67. The van der Waals surface area contributed by atoms with Gasteiger partial charge < -0.3 is 29.7 Å². The highest BCUT2D eigenvalue weighted by molar-refractivity contribution is 7.80. The van der Waals surface area contributed by atoms with Crippen LogP contribution in [-0.2, 0) is 39.8 Å². The highest BCUT2D eigenvalue weighted by Crippen LogP contribution is 2.32. The number of amides is 5. The van der Waals surface area contributed by atoms with Gasteiger partial charge in [0.2, 0.25) is 17.7 Å². The first kappa shape index (κ1) is 54.1. The molecule has 3 rings (SSSR count). The number of thiazole rings is 1. The number of carbonyl (C=O) groups is 6. The van der Waals surface area contributed by atoms with Crippen LogP contribution in [0, 0.1) is 17.8 Å². The molecular formula is C46H73N7O9S2. The van der Waals surface area contributed by atoms with Crippen molar-refractivity contribution in [2.75, 3.05) is 39.3 Å². The van der Waals surface area contributed by atoms with E-state index in [1.165, 1.54) is 18.3 Å². The molecule has 358 valence electrons. The predicted molar refractivity (Wildman–Crippen MR) is 250 cm³/mol. The van der Waals surface area contributed by atoms with E-state index in [4.69, 9.17) is 14.2 Å². The highest BCUT2D eigenvalue weighted by atomic mass is 32.1. The van der Waals surface area contributed by atoms with Gasteiger partial charge in [-0.3, -0.25) is 34.3 Å². The number of nitrogens with one attached hydrogen (secondary N) is 4. The van der Waals surface area contributed by atoms with Crippen molar-refractivity contribution in [2.24, 2.45) is 17.8 Å². The van der Waals surface area contributed by atoms with Gasteiger partial charge in [-0.15, -0.1) is 11.3 Å². The molecule has 64 heavy (non-hydrogen) atoms. The van der Waals surface area contributed by atoms with E-state index in [2.05, 4.69) is 46.0 Å². The molecule has 1 unspecified atom stereocenters. The molecule has 1 aromatic heterocycles. The van der Waals surface area contributed by atoms with Crippen LogP contribution >= 0.6 is 24.0 Å². The average molecular weight is 932 g/mol. The Morgan fingerprint density at radius 2 is 1.70 bits per heavy atom. The summed E-state index contributed by atoms with van der Waals surface area (Å²) in [7, 11) is 1.94. The Kier molecular flexibility index (Phi) is 24.2. The van der Waals surface area contributed by atoms with E-state index in [1.54, 1.807) is 17.2 Å². The first-order valence-corrected chi connectivity index (χ1v) is 24.3. The fourth-order valence-corrected chi connectivity index (χ4v) is 8.60. The fraction of sp³-hybridized carbons (Fsp3) is 0.674. The van der Waals surface area contributed by atoms with Crippen LogP contribution in [0.3, 0.4) is 0 Å². The molecule has 0 saturated carbocycles. The van der Waals surface area contributed by atoms with Crippen LogP contribution in [0.4, 0.5) is 4.79 Å². The largest absolute Gasteiger partial charge is 0.455 e. The summed E-state index contributed by atoms with van der Waals surface area (Å²) in [4.78, 5) is 88.5. The maximum absolute atomic E-state index is 14.9. The zero-order valence-electron chi connectivity index (χ0n) is 39.1. The molecule has 16 nitrogen and oxygen atoms in total. The topological polar surface area (TPSA) is 198 Å². The summed E-state index contributed by atoms with van der Waals surface area (Å²) < 4.78 is 17.0. The lowest BCUT2D eigenvalue weighted by Gasteiger charge is -2.40. The van der Waals surface area contributed by atoms with Crippen molar-refractivity contribution in [3.05, 3.63) is 52.0 Å². The number of piperidine rings is 1. The van der Waals surface area contributed by atoms with Crippen molar-refractivity contribution in [2.45, 2.75) is 143 Å². The summed E-state index contributed by atoms with van der Waals surface area (Å²) in [5.41, 5.74) is 5.63. The molecule has 0 spiro atoms. The van der Waals surface area contributed by atoms with Gasteiger partial charge in [-0.2, -0.15) is 12.6 Å². The second-order valence-electron chi connectivity index (χ2n) is 17.1. The predicted octanol–water partition coefficient (Wildman–Crippen LogP) is 6.22. The molecule has 2 aromatic rings. The number of likely N-dealkylation sites (tertiary alicyclic amines) is 1. The number of carbonyl (C=O) groups excluding carboxylic acids is 6. The molecule has 0 radical (unpaired) electrons. The second kappa shape index (κ2) is 28.6. The van der Waals surface area contributed by atoms with Crippen molar-refractivity contribution in [3.63, 3.8) is 0 Å². The van der Waals surface area contributed by atoms with E-state index in [1.807, 2.05) is 70.0 Å². The Morgan fingerprint density at radius 3 is 2.34 bits per heavy atom. The number of thiol groups is 1. The maximum atomic E-state index is 14.9. The Labute approximate surface area is 389 Å². The van der Waals surface area contributed by atoms with Gasteiger partial charge in [-0.25, -0.2) is 15.2 Å². The van der Waals surface area contributed by atoms with E-state index in [-0.39, 0.29) is 61.6 Å². The van der Waals surface area contributed by atoms with E-state index in [0.29, 0.717) is 30.2 Å². The Hall–Kier alpha value is -4.26. The molecule has 5 amide bonds. The SMILES string of the molecule is CCCCCOCN(C(=O)[C@@H](NC(=O)[C@H]1CCCCN1C)C(C)CC)[C@H](C[C@@H](OC(C)=O)c1nc(C(=O)N[C@@H](Cc2ccccc2)C[C@H](C)C(=O)NNC(=O)OCCS)cs1)C(C)C. The number of rotatable bonds is 26. The van der Waals surface area contributed by atoms with Gasteiger partial charge in [0, 0.05) is 49.1 Å². The summed E-state index contributed by atoms with van der Waals surface area (Å²) in [5, 5.41) is 8.15. The van der Waals surface area contributed by atoms with Gasteiger partial charge in [-0.05, 0) is 63.1 Å². The highest BCUT2D eigenvalue weighted by Gasteiger charge is 2.39. The third-order valence-corrected chi connectivity index (χ3v) is 12.7. The number of unbranched alkanes of at least 4 members (excludes halogenated alkanes) is 2. The van der Waals surface area contributed by atoms with Crippen LogP contribution in [0.2, 0.25) is 0 Å². The average Bonchev–Trinajstić information content (AvgIpc) is 3.77. The van der Waals surface area contributed by atoms with Crippen LogP contribution in [-0.4, -0.2) is 114 Å². The summed E-state index contributed by atoms with van der Waals surface area (Å²) in [6.07, 6.45) is 5.20. The minimum absolute atomic E-state index is 0.0225. The number of hydrogen-bond donors (Lipinski definition) is 5. The third-order valence-electron chi connectivity index (χ3n) is 11.6. The second-order valence-corrected chi connectivity index (χ2v) is 18.4. The lowest BCUT2D eigenvalue weighted by molar-refractivity contribution is -0.153. The van der Waals surface area contributed by atoms with Gasteiger partial charge in [-0.1, -0.05) is 97.6 Å². The molecule has 1 aliphatic heterocycles. The Morgan fingerprint density at radius 1 is 0.969 bits per heavy atom. The lowest BCUT2D eigenvalue weighted by Crippen LogP contribution is -2.59. The zero-order valence-corrected chi connectivity index (χ0v) is 40.8. The van der Waals surface area contributed by atoms with Crippen molar-refractivity contribution in [1.29, 1.82) is 0 Å². The van der Waals surface area contributed by atoms with Crippen LogP contribution in [0.15, 0.2) is 35.7 Å². The first-order valence-electron chi connectivity index (χ1n) is 22.8. The molecule has 4 N–H and O–H groups in total. The lowest BCUT2D eigenvalue weighted by atomic mass is 9.92. The minimum Gasteiger partial charge on any atom is -0.455 e. The molecule has 18 heteroatoms. The molecule has 1 aliphatic rings. The van der Waals surface area contributed by atoms with Gasteiger partial charge in [0.1, 0.15) is 30.1 Å². The van der Waals surface area contributed by atoms with Gasteiger partial charge >= 0.3 is 12.1 Å². The molecule has 1 saturated heterocycles. The van der Waals surface area contributed by atoms with Crippen molar-refractivity contribution in [3.8, 4) is 0 Å². The van der Waals surface area contributed by atoms with E-state index in [0.717, 1.165) is 50.6 Å². The molecule has 1 fully saturated rings. The molecule has 7 atom stereocenters. The van der Waals surface area contributed by atoms with Crippen LogP contribution in [0.5, 0.6) is 0 Å². The standard InChI is InChI=1S/C46H73N7O9S2/c1-9-11-17-22-60-29-53(45(58)40(31(5)10-2)49-43(57)37-20-15-16-21-52(37)8)38(30(3)4)27-39(62-33(7)54)44-48-36(28-64-44)42(56)47-35(26-34-18-13-12-14-19-34)25-32(6)41(55)50-51-46(59)61-23-24-63/h12-14,18-19,28,30-32,35,37-40,63H,9-11,15-17,20-27,29H2,1-8H3,(H,47,56)(H,49,57)(H,50,55)(H,51,59)/t31?,32-,35+,37+,38+,39+,40-/m0/s1. The normalized spacial score (nSPS) is 16.9. The Balaban J connectivity index is 1.90. The third kappa shape index (κ3) is 18.0. The number of nitrogens with zero attached hydrogens (tertiary/aromatic N) is 3.